The molecule has 4 rings (SSSR count). The summed E-state index contributed by atoms with van der Waals surface area (Å²) in [5.41, 5.74) is 8.64. The van der Waals surface area contributed by atoms with E-state index >= 15 is 0 Å². The van der Waals surface area contributed by atoms with Gasteiger partial charge in [-0.1, -0.05) is 30.0 Å². The summed E-state index contributed by atoms with van der Waals surface area (Å²) in [4.78, 5) is 24.0. The van der Waals surface area contributed by atoms with Crippen molar-refractivity contribution in [3.63, 3.8) is 0 Å². The van der Waals surface area contributed by atoms with Crippen molar-refractivity contribution in [2.75, 3.05) is 16.8 Å². The number of rotatable bonds is 5. The molecule has 8 heteroatoms. The third-order valence-electron chi connectivity index (χ3n) is 4.27. The third-order valence-corrected chi connectivity index (χ3v) is 5.13. The zero-order valence-corrected chi connectivity index (χ0v) is 15.5. The van der Waals surface area contributed by atoms with Gasteiger partial charge in [-0.3, -0.25) is 4.79 Å². The summed E-state index contributed by atoms with van der Waals surface area (Å²) in [6.45, 7) is 3.02. The second-order valence-electron chi connectivity index (χ2n) is 5.96. The van der Waals surface area contributed by atoms with Crippen LogP contribution in [0.1, 0.15) is 6.92 Å². The van der Waals surface area contributed by atoms with Crippen LogP contribution in [0.2, 0.25) is 0 Å². The minimum absolute atomic E-state index is 0.127. The highest BCUT2D eigenvalue weighted by molar-refractivity contribution is 7.99. The molecule has 3 N–H and O–H groups in total. The zero-order chi connectivity index (χ0) is 18.8. The fraction of sp³-hybridized carbons (Fsp3) is 0.158. The number of aryl methyl sites for hydroxylation is 1. The molecule has 0 aliphatic heterocycles. The van der Waals surface area contributed by atoms with Crippen LogP contribution in [0.3, 0.4) is 0 Å². The van der Waals surface area contributed by atoms with E-state index < -0.39 is 0 Å². The molecule has 4 aromatic rings. The van der Waals surface area contributed by atoms with E-state index in [1.165, 1.54) is 29.0 Å². The molecule has 1 amide bonds. The predicted molar refractivity (Wildman–Crippen MR) is 109 cm³/mol. The van der Waals surface area contributed by atoms with E-state index in [1.807, 2.05) is 30.3 Å². The number of anilines is 2. The van der Waals surface area contributed by atoms with Crippen LogP contribution in [0.5, 0.6) is 0 Å². The lowest BCUT2D eigenvalue weighted by Crippen LogP contribution is -2.14. The van der Waals surface area contributed by atoms with Gasteiger partial charge < -0.3 is 15.6 Å². The standard InChI is InChI=1S/C19H18N6OS/c1-2-25-15-6-4-3-5-13(15)14-9-12(7-8-16(14)25)23-17(26)10-27-19-22-11-21-18(20)24-19/h3-9,11H,2,10H2,1H3,(H,23,26)(H2,20,21,22,24). The van der Waals surface area contributed by atoms with Crippen molar-refractivity contribution in [3.05, 3.63) is 48.8 Å². The largest absolute Gasteiger partial charge is 0.368 e. The van der Waals surface area contributed by atoms with E-state index in [-0.39, 0.29) is 17.6 Å². The lowest BCUT2D eigenvalue weighted by molar-refractivity contribution is -0.113. The van der Waals surface area contributed by atoms with Crippen LogP contribution in [-0.4, -0.2) is 31.2 Å². The molecule has 0 spiro atoms. The summed E-state index contributed by atoms with van der Waals surface area (Å²) in [6.07, 6.45) is 1.33. The highest BCUT2D eigenvalue weighted by Crippen LogP contribution is 2.31. The molecule has 0 aliphatic carbocycles. The molecule has 27 heavy (non-hydrogen) atoms. The maximum Gasteiger partial charge on any atom is 0.234 e. The van der Waals surface area contributed by atoms with Crippen LogP contribution in [0.4, 0.5) is 11.6 Å². The van der Waals surface area contributed by atoms with Crippen LogP contribution < -0.4 is 11.1 Å². The number of aromatic nitrogens is 4. The molecule has 2 heterocycles. The maximum absolute atomic E-state index is 12.3. The highest BCUT2D eigenvalue weighted by Gasteiger charge is 2.11. The molecular weight excluding hydrogens is 360 g/mol. The number of amides is 1. The number of carbonyl (C=O) groups excluding carboxylic acids is 1. The van der Waals surface area contributed by atoms with Crippen molar-refractivity contribution in [3.8, 4) is 0 Å². The van der Waals surface area contributed by atoms with Gasteiger partial charge in [0.2, 0.25) is 11.9 Å². The van der Waals surface area contributed by atoms with E-state index in [2.05, 4.69) is 43.9 Å². The maximum atomic E-state index is 12.3. The Morgan fingerprint density at radius 1 is 1.15 bits per heavy atom. The first kappa shape index (κ1) is 17.3. The number of nitrogens with zero attached hydrogens (tertiary/aromatic N) is 4. The molecule has 0 fully saturated rings. The van der Waals surface area contributed by atoms with E-state index in [4.69, 9.17) is 5.73 Å². The number of benzene rings is 2. The lowest BCUT2D eigenvalue weighted by atomic mass is 10.1. The van der Waals surface area contributed by atoms with Crippen molar-refractivity contribution in [1.82, 2.24) is 19.5 Å². The normalized spacial score (nSPS) is 11.1. The molecule has 2 aromatic heterocycles. The third kappa shape index (κ3) is 3.43. The summed E-state index contributed by atoms with van der Waals surface area (Å²) in [5, 5.41) is 5.68. The second kappa shape index (κ2) is 7.24. The predicted octanol–water partition coefficient (Wildman–Crippen LogP) is 3.31. The molecular formula is C19H18N6OS. The molecule has 0 aliphatic rings. The van der Waals surface area contributed by atoms with Gasteiger partial charge >= 0.3 is 0 Å². The molecule has 0 saturated carbocycles. The van der Waals surface area contributed by atoms with Gasteiger partial charge in [0.05, 0.1) is 5.75 Å². The Kier molecular flexibility index (Phi) is 4.64. The Balaban J connectivity index is 1.55. The molecule has 0 unspecified atom stereocenters. The van der Waals surface area contributed by atoms with Crippen molar-refractivity contribution < 1.29 is 4.79 Å². The van der Waals surface area contributed by atoms with Gasteiger partial charge in [0.25, 0.3) is 0 Å². The minimum Gasteiger partial charge on any atom is -0.368 e. The van der Waals surface area contributed by atoms with E-state index in [9.17, 15) is 4.79 Å². The van der Waals surface area contributed by atoms with Gasteiger partial charge in [-0.15, -0.1) is 0 Å². The fourth-order valence-corrected chi connectivity index (χ4v) is 3.77. The number of para-hydroxylation sites is 1. The first-order valence-corrected chi connectivity index (χ1v) is 9.52. The van der Waals surface area contributed by atoms with E-state index in [1.54, 1.807) is 0 Å². The minimum atomic E-state index is -0.127. The van der Waals surface area contributed by atoms with Gasteiger partial charge in [-0.05, 0) is 31.2 Å². The first-order chi connectivity index (χ1) is 13.2. The zero-order valence-electron chi connectivity index (χ0n) is 14.7. The van der Waals surface area contributed by atoms with Crippen molar-refractivity contribution in [2.45, 2.75) is 18.6 Å². The lowest BCUT2D eigenvalue weighted by Gasteiger charge is -2.06. The van der Waals surface area contributed by atoms with Crippen molar-refractivity contribution in [2.24, 2.45) is 0 Å². The number of fused-ring (bicyclic) bond motifs is 3. The Morgan fingerprint density at radius 3 is 2.78 bits per heavy atom. The number of nitrogens with two attached hydrogens (primary N) is 1. The molecule has 7 nitrogen and oxygen atoms in total. The summed E-state index contributed by atoms with van der Waals surface area (Å²) in [6, 6.07) is 14.3. The van der Waals surface area contributed by atoms with E-state index in [0.29, 0.717) is 5.16 Å². The second-order valence-corrected chi connectivity index (χ2v) is 6.90. The van der Waals surface area contributed by atoms with Crippen LogP contribution in [-0.2, 0) is 11.3 Å². The molecule has 0 bridgehead atoms. The summed E-state index contributed by atoms with van der Waals surface area (Å²) < 4.78 is 2.28. The fourth-order valence-electron chi connectivity index (χ4n) is 3.16. The summed E-state index contributed by atoms with van der Waals surface area (Å²) in [5.74, 6) is 0.210. The molecule has 0 saturated heterocycles. The summed E-state index contributed by atoms with van der Waals surface area (Å²) in [7, 11) is 0. The van der Waals surface area contributed by atoms with Gasteiger partial charge in [0.1, 0.15) is 6.33 Å². The molecule has 2 aromatic carbocycles. The number of nitrogens with one attached hydrogen (secondary N) is 1. The number of hydrogen-bond acceptors (Lipinski definition) is 6. The number of hydrogen-bond donors (Lipinski definition) is 2. The monoisotopic (exact) mass is 378 g/mol. The Labute approximate surface area is 160 Å². The Hall–Kier alpha value is -3.13. The molecule has 136 valence electrons. The van der Waals surface area contributed by atoms with Gasteiger partial charge in [-0.2, -0.15) is 4.98 Å². The number of nitrogen functional groups attached to an aromatic ring is 1. The van der Waals surface area contributed by atoms with Gasteiger partial charge in [0.15, 0.2) is 5.16 Å². The Bertz CT molecular complexity index is 1140. The van der Waals surface area contributed by atoms with Crippen LogP contribution in [0.25, 0.3) is 21.8 Å². The smallest absolute Gasteiger partial charge is 0.234 e. The van der Waals surface area contributed by atoms with Gasteiger partial charge in [-0.25, -0.2) is 9.97 Å². The topological polar surface area (TPSA) is 98.7 Å². The molecule has 0 atom stereocenters. The highest BCUT2D eigenvalue weighted by atomic mass is 32.2. The Morgan fingerprint density at radius 2 is 1.96 bits per heavy atom. The average Bonchev–Trinajstić information content (AvgIpc) is 2.99. The quantitative estimate of drug-likeness (QED) is 0.517. The van der Waals surface area contributed by atoms with Gasteiger partial charge in [0, 0.05) is 34.0 Å². The summed E-state index contributed by atoms with van der Waals surface area (Å²) >= 11 is 1.22. The van der Waals surface area contributed by atoms with Crippen LogP contribution >= 0.6 is 11.8 Å². The first-order valence-electron chi connectivity index (χ1n) is 8.54. The number of thioether (sulfide) groups is 1. The SMILES string of the molecule is CCn1c2ccccc2c2cc(NC(=O)CSc3ncnc(N)n3)ccc21. The van der Waals surface area contributed by atoms with Crippen LogP contribution in [0, 0.1) is 0 Å². The van der Waals surface area contributed by atoms with Crippen molar-refractivity contribution in [1.29, 1.82) is 0 Å². The van der Waals surface area contributed by atoms with Crippen molar-refractivity contribution >= 4 is 51.1 Å². The average molecular weight is 378 g/mol. The van der Waals surface area contributed by atoms with E-state index in [0.717, 1.165) is 23.1 Å². The van der Waals surface area contributed by atoms with Crippen LogP contribution in [0.15, 0.2) is 53.9 Å². The number of carbonyl (C=O) groups is 1. The molecule has 0 radical (unpaired) electrons.